The van der Waals surface area contributed by atoms with Crippen LogP contribution in [-0.2, 0) is 6.54 Å². The maximum Gasteiger partial charge on any atom is 0.411 e. The van der Waals surface area contributed by atoms with Crippen molar-refractivity contribution in [2.45, 2.75) is 6.54 Å². The molecular formula is C21H18N6O4. The Morgan fingerprint density at radius 3 is 2.61 bits per heavy atom. The van der Waals surface area contributed by atoms with Gasteiger partial charge in [0.1, 0.15) is 24.2 Å². The zero-order valence-electron chi connectivity index (χ0n) is 16.5. The maximum absolute atomic E-state index is 12.6. The maximum atomic E-state index is 12.6. The van der Waals surface area contributed by atoms with Gasteiger partial charge in [-0.15, -0.1) is 0 Å². The number of nitrogens with one attached hydrogen (secondary N) is 1. The summed E-state index contributed by atoms with van der Waals surface area (Å²) >= 11 is 0. The molecule has 4 aromatic rings. The van der Waals surface area contributed by atoms with Crippen LogP contribution in [0.4, 0.5) is 4.79 Å². The molecule has 0 unspecified atom stereocenters. The molecule has 0 radical (unpaired) electrons. The number of carbonyl (C=O) groups excluding carboxylic acids is 2. The van der Waals surface area contributed by atoms with Gasteiger partial charge in [-0.1, -0.05) is 12.1 Å². The molecule has 0 spiro atoms. The monoisotopic (exact) mass is 418 g/mol. The summed E-state index contributed by atoms with van der Waals surface area (Å²) in [6, 6.07) is 14.1. The van der Waals surface area contributed by atoms with Gasteiger partial charge >= 0.3 is 6.09 Å². The first-order valence-corrected chi connectivity index (χ1v) is 9.21. The lowest BCUT2D eigenvalue weighted by molar-refractivity contribution is 0.0951. The van der Waals surface area contributed by atoms with Crippen LogP contribution in [0.3, 0.4) is 0 Å². The fraction of sp³-hybridized carbons (Fsp3) is 0.0952. The number of hydrogen-bond donors (Lipinski definition) is 2. The first kappa shape index (κ1) is 19.8. The molecule has 2 amide bonds. The Bertz CT molecular complexity index is 1250. The highest BCUT2D eigenvalue weighted by Crippen LogP contribution is 2.20. The number of primary amides is 1. The summed E-state index contributed by atoms with van der Waals surface area (Å²) < 4.78 is 11.6. The highest BCUT2D eigenvalue weighted by Gasteiger charge is 2.12. The first-order chi connectivity index (χ1) is 15.0. The van der Waals surface area contributed by atoms with Crippen molar-refractivity contribution in [2.24, 2.45) is 5.73 Å². The number of amides is 2. The van der Waals surface area contributed by atoms with Crippen LogP contribution in [0, 0.1) is 0 Å². The Labute approximate surface area is 176 Å². The molecule has 0 saturated heterocycles. The minimum Gasteiger partial charge on any atom is -0.497 e. The van der Waals surface area contributed by atoms with E-state index in [1.165, 1.54) is 12.4 Å². The predicted octanol–water partition coefficient (Wildman–Crippen LogP) is 2.21. The van der Waals surface area contributed by atoms with Crippen LogP contribution in [0.2, 0.25) is 0 Å². The summed E-state index contributed by atoms with van der Waals surface area (Å²) in [5.41, 5.74) is 7.78. The number of carbonyl (C=O) groups is 2. The number of nitrogens with zero attached hydrogens (tertiary/aromatic N) is 4. The van der Waals surface area contributed by atoms with Crippen LogP contribution in [0.15, 0.2) is 61.2 Å². The molecule has 0 saturated carbocycles. The smallest absolute Gasteiger partial charge is 0.411 e. The number of ether oxygens (including phenoxy) is 2. The van der Waals surface area contributed by atoms with Crippen molar-refractivity contribution in [3.8, 4) is 17.4 Å². The van der Waals surface area contributed by atoms with Gasteiger partial charge in [0, 0.05) is 18.2 Å². The lowest BCUT2D eigenvalue weighted by Gasteiger charge is -2.07. The third-order valence-electron chi connectivity index (χ3n) is 4.50. The summed E-state index contributed by atoms with van der Waals surface area (Å²) in [6.45, 7) is 0.388. The Balaban J connectivity index is 1.51. The molecule has 0 aliphatic carbocycles. The van der Waals surface area contributed by atoms with E-state index in [1.807, 2.05) is 24.3 Å². The van der Waals surface area contributed by atoms with E-state index >= 15 is 0 Å². The number of benzene rings is 2. The molecule has 0 bridgehead atoms. The van der Waals surface area contributed by atoms with Crippen LogP contribution < -0.4 is 20.5 Å². The van der Waals surface area contributed by atoms with Crippen molar-refractivity contribution in [3.63, 3.8) is 0 Å². The lowest BCUT2D eigenvalue weighted by atomic mass is 10.1. The van der Waals surface area contributed by atoms with Gasteiger partial charge in [0.05, 0.1) is 18.1 Å². The second-order valence-electron chi connectivity index (χ2n) is 6.48. The van der Waals surface area contributed by atoms with E-state index in [4.69, 9.17) is 15.2 Å². The van der Waals surface area contributed by atoms with E-state index in [-0.39, 0.29) is 11.8 Å². The zero-order valence-corrected chi connectivity index (χ0v) is 16.5. The number of rotatable bonds is 6. The van der Waals surface area contributed by atoms with E-state index in [1.54, 1.807) is 36.2 Å². The van der Waals surface area contributed by atoms with Gasteiger partial charge in [-0.05, 0) is 35.9 Å². The summed E-state index contributed by atoms with van der Waals surface area (Å²) in [5, 5.41) is 2.89. The van der Waals surface area contributed by atoms with Gasteiger partial charge in [0.15, 0.2) is 0 Å². The standard InChI is InChI=1S/C21H18N6O4/c1-30-15-5-2-13(3-6-15)10-23-20(28)14-4-7-17-16(8-14)26-12-27(17)18-9-19(25-11-24-18)31-21(22)29/h2-9,11-12H,10H2,1H3,(H2,22,29)(H,23,28). The predicted molar refractivity (Wildman–Crippen MR) is 111 cm³/mol. The Hall–Kier alpha value is -4.47. The molecule has 2 aromatic carbocycles. The fourth-order valence-corrected chi connectivity index (χ4v) is 2.98. The Kier molecular flexibility index (Phi) is 5.43. The largest absolute Gasteiger partial charge is 0.497 e. The molecule has 31 heavy (non-hydrogen) atoms. The highest BCUT2D eigenvalue weighted by molar-refractivity contribution is 5.97. The van der Waals surface area contributed by atoms with Crippen LogP contribution in [0.25, 0.3) is 16.9 Å². The molecule has 156 valence electrons. The fourth-order valence-electron chi connectivity index (χ4n) is 2.98. The summed E-state index contributed by atoms with van der Waals surface area (Å²) in [7, 11) is 1.60. The number of fused-ring (bicyclic) bond motifs is 1. The molecule has 10 nitrogen and oxygen atoms in total. The van der Waals surface area contributed by atoms with E-state index in [9.17, 15) is 9.59 Å². The minimum atomic E-state index is -0.967. The first-order valence-electron chi connectivity index (χ1n) is 9.21. The van der Waals surface area contributed by atoms with Gasteiger partial charge in [0.25, 0.3) is 5.91 Å². The number of imidazole rings is 1. The van der Waals surface area contributed by atoms with Crippen molar-refractivity contribution >= 4 is 23.0 Å². The molecule has 0 aliphatic heterocycles. The van der Waals surface area contributed by atoms with E-state index in [0.717, 1.165) is 16.8 Å². The molecule has 4 rings (SSSR count). The molecule has 0 aliphatic rings. The van der Waals surface area contributed by atoms with Crippen molar-refractivity contribution in [2.75, 3.05) is 7.11 Å². The topological polar surface area (TPSA) is 134 Å². The number of methoxy groups -OCH3 is 1. The molecule has 3 N–H and O–H groups in total. The average Bonchev–Trinajstić information content (AvgIpc) is 3.21. The van der Waals surface area contributed by atoms with Crippen LogP contribution in [0.1, 0.15) is 15.9 Å². The van der Waals surface area contributed by atoms with Crippen molar-refractivity contribution < 1.29 is 19.1 Å². The number of aromatic nitrogens is 4. The van der Waals surface area contributed by atoms with Gasteiger partial charge in [0.2, 0.25) is 5.88 Å². The third kappa shape index (κ3) is 4.42. The molecule has 2 heterocycles. The average molecular weight is 418 g/mol. The SMILES string of the molecule is COc1ccc(CNC(=O)c2ccc3c(c2)ncn3-c2cc(OC(N)=O)ncn2)cc1. The van der Waals surface area contributed by atoms with Gasteiger partial charge in [-0.3, -0.25) is 9.36 Å². The molecular weight excluding hydrogens is 400 g/mol. The molecule has 0 fully saturated rings. The highest BCUT2D eigenvalue weighted by atomic mass is 16.6. The van der Waals surface area contributed by atoms with Gasteiger partial charge < -0.3 is 20.5 Å². The van der Waals surface area contributed by atoms with Crippen LogP contribution in [-0.4, -0.2) is 38.6 Å². The van der Waals surface area contributed by atoms with Gasteiger partial charge in [-0.2, -0.15) is 0 Å². The summed E-state index contributed by atoms with van der Waals surface area (Å²) in [5.74, 6) is 0.999. The van der Waals surface area contributed by atoms with Gasteiger partial charge in [-0.25, -0.2) is 19.7 Å². The second kappa shape index (κ2) is 8.49. The van der Waals surface area contributed by atoms with Crippen molar-refractivity contribution in [1.29, 1.82) is 0 Å². The Morgan fingerprint density at radius 1 is 1.06 bits per heavy atom. The van der Waals surface area contributed by atoms with Crippen molar-refractivity contribution in [3.05, 3.63) is 72.3 Å². The lowest BCUT2D eigenvalue weighted by Crippen LogP contribution is -2.22. The third-order valence-corrected chi connectivity index (χ3v) is 4.50. The quantitative estimate of drug-likeness (QED) is 0.490. The summed E-state index contributed by atoms with van der Waals surface area (Å²) in [4.78, 5) is 35.8. The number of nitrogens with two attached hydrogens (primary N) is 1. The molecule has 0 atom stereocenters. The van der Waals surface area contributed by atoms with E-state index < -0.39 is 6.09 Å². The van der Waals surface area contributed by atoms with E-state index in [0.29, 0.717) is 23.4 Å². The van der Waals surface area contributed by atoms with E-state index in [2.05, 4.69) is 20.3 Å². The Morgan fingerprint density at radius 2 is 1.87 bits per heavy atom. The summed E-state index contributed by atoms with van der Waals surface area (Å²) in [6.07, 6.45) is 1.84. The van der Waals surface area contributed by atoms with Crippen LogP contribution >= 0.6 is 0 Å². The van der Waals surface area contributed by atoms with Crippen molar-refractivity contribution in [1.82, 2.24) is 24.8 Å². The second-order valence-corrected chi connectivity index (χ2v) is 6.48. The minimum absolute atomic E-state index is 0.0221. The number of hydrogen-bond acceptors (Lipinski definition) is 7. The molecule has 2 aromatic heterocycles. The zero-order chi connectivity index (χ0) is 21.8. The molecule has 10 heteroatoms. The van der Waals surface area contributed by atoms with Crippen LogP contribution in [0.5, 0.6) is 11.6 Å². The normalized spacial score (nSPS) is 10.6.